The van der Waals surface area contributed by atoms with Crippen LogP contribution in [0.25, 0.3) is 0 Å². The minimum atomic E-state index is 0.567. The zero-order valence-corrected chi connectivity index (χ0v) is 7.60. The Bertz CT molecular complexity index is 205. The van der Waals surface area contributed by atoms with Crippen molar-refractivity contribution in [2.75, 3.05) is 6.66 Å². The topological polar surface area (TPSA) is 28.7 Å². The molecule has 1 atom stereocenters. The summed E-state index contributed by atoms with van der Waals surface area (Å²) < 4.78 is 0. The number of aromatic amines is 1. The summed E-state index contributed by atoms with van der Waals surface area (Å²) in [4.78, 5) is 0. The molecule has 1 aromatic rings. The van der Waals surface area contributed by atoms with E-state index in [4.69, 9.17) is 0 Å². The summed E-state index contributed by atoms with van der Waals surface area (Å²) in [5.74, 6) is 0.567. The zero-order valence-electron chi connectivity index (χ0n) is 6.60. The molecule has 1 aromatic heterocycles. The number of H-pyrrole nitrogens is 1. The summed E-state index contributed by atoms with van der Waals surface area (Å²) in [6.45, 7) is 6.46. The maximum atomic E-state index is 4.14. The van der Waals surface area contributed by atoms with Crippen LogP contribution >= 0.6 is 8.58 Å². The normalized spacial score (nSPS) is 12.0. The highest BCUT2D eigenvalue weighted by Crippen LogP contribution is 2.11. The molecular weight excluding hydrogens is 143 g/mol. The Balaban J connectivity index is 2.78. The molecular formula is C7H13N2P. The molecule has 0 aliphatic heterocycles. The van der Waals surface area contributed by atoms with E-state index < -0.39 is 0 Å². The predicted molar refractivity (Wildman–Crippen MR) is 46.5 cm³/mol. The van der Waals surface area contributed by atoms with Crippen LogP contribution in [-0.2, 0) is 0 Å². The second kappa shape index (κ2) is 3.16. The first-order valence-corrected chi connectivity index (χ1v) is 4.97. The van der Waals surface area contributed by atoms with E-state index in [2.05, 4.69) is 36.8 Å². The van der Waals surface area contributed by atoms with E-state index in [0.717, 1.165) is 8.58 Å². The molecule has 0 amide bonds. The van der Waals surface area contributed by atoms with E-state index in [1.54, 1.807) is 0 Å². The van der Waals surface area contributed by atoms with Crippen LogP contribution in [0.15, 0.2) is 6.07 Å². The average molecular weight is 156 g/mol. The number of nitrogens with one attached hydrogen (secondary N) is 1. The van der Waals surface area contributed by atoms with Gasteiger partial charge in [-0.3, -0.25) is 5.10 Å². The van der Waals surface area contributed by atoms with Crippen LogP contribution in [0.4, 0.5) is 0 Å². The Morgan fingerprint density at radius 3 is 2.60 bits per heavy atom. The van der Waals surface area contributed by atoms with E-state index >= 15 is 0 Å². The molecule has 1 heterocycles. The molecule has 0 spiro atoms. The van der Waals surface area contributed by atoms with Gasteiger partial charge >= 0.3 is 0 Å². The van der Waals surface area contributed by atoms with Crippen molar-refractivity contribution in [2.45, 2.75) is 19.8 Å². The lowest BCUT2D eigenvalue weighted by atomic mass is 10.1. The van der Waals surface area contributed by atoms with Crippen LogP contribution < -0.4 is 5.44 Å². The van der Waals surface area contributed by atoms with Crippen LogP contribution in [0.2, 0.25) is 0 Å². The van der Waals surface area contributed by atoms with Gasteiger partial charge in [0.2, 0.25) is 0 Å². The molecule has 0 aromatic carbocycles. The van der Waals surface area contributed by atoms with E-state index in [-0.39, 0.29) is 0 Å². The first-order chi connectivity index (χ1) is 4.74. The zero-order chi connectivity index (χ0) is 7.56. The first kappa shape index (κ1) is 7.74. The highest BCUT2D eigenvalue weighted by molar-refractivity contribution is 7.45. The fraction of sp³-hybridized carbons (Fsp3) is 0.571. The molecule has 0 saturated carbocycles. The molecule has 1 rings (SSSR count). The number of hydrogen-bond acceptors (Lipinski definition) is 1. The monoisotopic (exact) mass is 156 g/mol. The van der Waals surface area contributed by atoms with Crippen LogP contribution in [0.1, 0.15) is 25.5 Å². The van der Waals surface area contributed by atoms with Gasteiger partial charge < -0.3 is 0 Å². The second-order valence-electron chi connectivity index (χ2n) is 2.61. The van der Waals surface area contributed by atoms with Crippen molar-refractivity contribution in [1.82, 2.24) is 10.2 Å². The lowest BCUT2D eigenvalue weighted by Crippen LogP contribution is -1.90. The average Bonchev–Trinajstić information content (AvgIpc) is 2.34. The van der Waals surface area contributed by atoms with Gasteiger partial charge in [0.05, 0.1) is 5.44 Å². The quantitative estimate of drug-likeness (QED) is 0.645. The van der Waals surface area contributed by atoms with Crippen LogP contribution in [0.3, 0.4) is 0 Å². The predicted octanol–water partition coefficient (Wildman–Crippen LogP) is 1.47. The van der Waals surface area contributed by atoms with Crippen molar-refractivity contribution in [2.24, 2.45) is 0 Å². The third-order valence-electron chi connectivity index (χ3n) is 1.48. The Labute approximate surface area is 63.2 Å². The summed E-state index contributed by atoms with van der Waals surface area (Å²) in [5.41, 5.74) is 2.42. The molecule has 0 aliphatic carbocycles. The van der Waals surface area contributed by atoms with Gasteiger partial charge in [0, 0.05) is 5.69 Å². The van der Waals surface area contributed by atoms with Crippen molar-refractivity contribution in [3.63, 3.8) is 0 Å². The second-order valence-corrected chi connectivity index (χ2v) is 3.63. The molecule has 0 fully saturated rings. The van der Waals surface area contributed by atoms with Crippen LogP contribution in [0, 0.1) is 0 Å². The van der Waals surface area contributed by atoms with Gasteiger partial charge in [-0.25, -0.2) is 0 Å². The van der Waals surface area contributed by atoms with E-state index in [1.807, 2.05) is 0 Å². The van der Waals surface area contributed by atoms with E-state index in [9.17, 15) is 0 Å². The van der Waals surface area contributed by atoms with Crippen LogP contribution in [-0.4, -0.2) is 16.9 Å². The molecule has 3 heteroatoms. The van der Waals surface area contributed by atoms with Gasteiger partial charge in [-0.1, -0.05) is 22.4 Å². The lowest BCUT2D eigenvalue weighted by Gasteiger charge is -1.95. The summed E-state index contributed by atoms with van der Waals surface area (Å²) in [6.07, 6.45) is 0. The van der Waals surface area contributed by atoms with Crippen molar-refractivity contribution in [3.8, 4) is 0 Å². The van der Waals surface area contributed by atoms with Crippen molar-refractivity contribution in [3.05, 3.63) is 11.8 Å². The molecule has 0 radical (unpaired) electrons. The third kappa shape index (κ3) is 1.57. The molecule has 0 aliphatic rings. The summed E-state index contributed by atoms with van der Waals surface area (Å²) in [5, 5.41) is 7.16. The summed E-state index contributed by atoms with van der Waals surface area (Å²) >= 11 is 0. The van der Waals surface area contributed by atoms with Gasteiger partial charge in [0.1, 0.15) is 0 Å². The Kier molecular flexibility index (Phi) is 2.44. The van der Waals surface area contributed by atoms with Gasteiger partial charge in [-0.05, 0) is 18.6 Å². The Morgan fingerprint density at radius 2 is 2.30 bits per heavy atom. The van der Waals surface area contributed by atoms with E-state index in [0.29, 0.717) is 5.92 Å². The van der Waals surface area contributed by atoms with Gasteiger partial charge in [-0.15, -0.1) is 0 Å². The molecule has 0 bridgehead atoms. The number of hydrogen-bond donors (Lipinski definition) is 1. The molecule has 56 valence electrons. The van der Waals surface area contributed by atoms with Gasteiger partial charge in [-0.2, -0.15) is 5.10 Å². The maximum Gasteiger partial charge on any atom is 0.0817 e. The fourth-order valence-corrected chi connectivity index (χ4v) is 1.23. The van der Waals surface area contributed by atoms with E-state index in [1.165, 1.54) is 11.1 Å². The maximum absolute atomic E-state index is 4.14. The Hall–Kier alpha value is -0.360. The molecule has 1 N–H and O–H groups in total. The fourth-order valence-electron chi connectivity index (χ4n) is 0.760. The molecule has 1 unspecified atom stereocenters. The largest absolute Gasteiger partial charge is 0.282 e. The minimum Gasteiger partial charge on any atom is -0.282 e. The molecule has 10 heavy (non-hydrogen) atoms. The van der Waals surface area contributed by atoms with Gasteiger partial charge in [0.25, 0.3) is 0 Å². The number of rotatable bonds is 2. The molecule has 2 nitrogen and oxygen atoms in total. The van der Waals surface area contributed by atoms with Crippen molar-refractivity contribution < 1.29 is 0 Å². The van der Waals surface area contributed by atoms with Crippen molar-refractivity contribution >= 4 is 14.0 Å². The highest BCUT2D eigenvalue weighted by Gasteiger charge is 2.01. The number of nitrogens with zero attached hydrogens (tertiary/aromatic N) is 1. The lowest BCUT2D eigenvalue weighted by molar-refractivity contribution is 0.811. The number of aromatic nitrogens is 2. The third-order valence-corrected chi connectivity index (χ3v) is 2.24. The smallest absolute Gasteiger partial charge is 0.0817 e. The minimum absolute atomic E-state index is 0.567. The van der Waals surface area contributed by atoms with Crippen molar-refractivity contribution in [1.29, 1.82) is 0 Å². The first-order valence-electron chi connectivity index (χ1n) is 3.47. The van der Waals surface area contributed by atoms with Crippen LogP contribution in [0.5, 0.6) is 0 Å². The highest BCUT2D eigenvalue weighted by atomic mass is 31.1. The molecule has 0 saturated heterocycles. The summed E-state index contributed by atoms with van der Waals surface area (Å²) in [6, 6.07) is 2.14. The standard InChI is InChI=1S/C7H13N2P/c1-5(2)6-4-7(10-3)9-8-6/h4-5,10H,1-3H3,(H,8,9). The SMILES string of the molecule is CPc1cc(C(C)C)[nH]n1. The Morgan fingerprint density at radius 1 is 1.60 bits per heavy atom. The van der Waals surface area contributed by atoms with Gasteiger partial charge in [0.15, 0.2) is 0 Å². The summed E-state index contributed by atoms with van der Waals surface area (Å²) in [7, 11) is 0.801.